The van der Waals surface area contributed by atoms with Crippen molar-refractivity contribution in [1.82, 2.24) is 16.3 Å². The first kappa shape index (κ1) is 20.4. The summed E-state index contributed by atoms with van der Waals surface area (Å²) in [5.41, 5.74) is 10.00. The van der Waals surface area contributed by atoms with Crippen LogP contribution in [0.15, 0.2) is 52.0 Å². The maximum absolute atomic E-state index is 11.5. The molecule has 1 aliphatic heterocycles. The summed E-state index contributed by atoms with van der Waals surface area (Å²) in [6, 6.07) is 13.2. The highest BCUT2D eigenvalue weighted by Crippen LogP contribution is 2.28. The summed E-state index contributed by atoms with van der Waals surface area (Å²) in [5.74, 6) is 0.967. The zero-order chi connectivity index (χ0) is 19.9. The SMILES string of the molecule is COc1cc(/C=N\NC2CNNC(=O)C2Cl)ccc1OCc1ccc(Br)cc1. The number of alkyl halides is 1. The third-order valence-corrected chi connectivity index (χ3v) is 5.12. The van der Waals surface area contributed by atoms with Crippen LogP contribution in [0.5, 0.6) is 11.5 Å². The predicted molar refractivity (Wildman–Crippen MR) is 112 cm³/mol. The number of carbonyl (C=O) groups excluding carboxylic acids is 1. The number of hydrogen-bond donors (Lipinski definition) is 3. The molecule has 3 N–H and O–H groups in total. The molecule has 1 heterocycles. The van der Waals surface area contributed by atoms with Crippen LogP contribution in [0.25, 0.3) is 0 Å². The lowest BCUT2D eigenvalue weighted by molar-refractivity contribution is -0.123. The summed E-state index contributed by atoms with van der Waals surface area (Å²) in [5, 5.41) is 3.48. The second-order valence-corrected chi connectivity index (χ2v) is 7.48. The van der Waals surface area contributed by atoms with Crippen LogP contribution in [0.3, 0.4) is 0 Å². The highest BCUT2D eigenvalue weighted by molar-refractivity contribution is 9.10. The molecule has 2 aromatic rings. The fraction of sp³-hybridized carbons (Fsp3) is 0.263. The molecule has 2 aromatic carbocycles. The zero-order valence-corrected chi connectivity index (χ0v) is 17.5. The number of halogens is 2. The fourth-order valence-electron chi connectivity index (χ4n) is 2.55. The number of hydrazone groups is 1. The molecule has 9 heteroatoms. The second kappa shape index (κ2) is 9.77. The Morgan fingerprint density at radius 2 is 2.07 bits per heavy atom. The summed E-state index contributed by atoms with van der Waals surface area (Å²) in [6.07, 6.45) is 1.64. The first-order chi connectivity index (χ1) is 13.6. The van der Waals surface area contributed by atoms with Crippen LogP contribution < -0.4 is 25.8 Å². The van der Waals surface area contributed by atoms with Crippen LogP contribution in [0.1, 0.15) is 11.1 Å². The first-order valence-electron chi connectivity index (χ1n) is 8.57. The minimum absolute atomic E-state index is 0.283. The molecular weight excluding hydrogens is 448 g/mol. The molecule has 0 bridgehead atoms. The van der Waals surface area contributed by atoms with E-state index >= 15 is 0 Å². The Morgan fingerprint density at radius 3 is 2.82 bits per heavy atom. The van der Waals surface area contributed by atoms with Crippen molar-refractivity contribution in [2.45, 2.75) is 18.0 Å². The third kappa shape index (κ3) is 5.37. The average molecular weight is 468 g/mol. The van der Waals surface area contributed by atoms with E-state index in [2.05, 4.69) is 37.3 Å². The molecule has 0 aromatic heterocycles. The summed E-state index contributed by atoms with van der Waals surface area (Å²) in [4.78, 5) is 11.5. The molecular formula is C19H20BrClN4O3. The molecule has 1 saturated heterocycles. The molecule has 0 spiro atoms. The molecule has 0 aliphatic carbocycles. The van der Waals surface area contributed by atoms with Crippen LogP contribution in [-0.4, -0.2) is 37.2 Å². The molecule has 3 rings (SSSR count). The van der Waals surface area contributed by atoms with Gasteiger partial charge in [0.05, 0.1) is 19.4 Å². The summed E-state index contributed by atoms with van der Waals surface area (Å²) in [7, 11) is 1.59. The van der Waals surface area contributed by atoms with Gasteiger partial charge in [-0.05, 0) is 41.5 Å². The minimum Gasteiger partial charge on any atom is -0.493 e. The van der Waals surface area contributed by atoms with Crippen molar-refractivity contribution in [3.63, 3.8) is 0 Å². The standard InChI is InChI=1S/C19H20BrClN4O3/c1-27-17-8-13(9-22-24-15-10-23-25-19(26)18(15)21)4-7-16(17)28-11-12-2-5-14(20)6-3-12/h2-9,15,18,23-24H,10-11H2,1H3,(H,25,26)/b22-9-. The molecule has 1 aliphatic rings. The monoisotopic (exact) mass is 466 g/mol. The van der Waals surface area contributed by atoms with E-state index < -0.39 is 5.38 Å². The summed E-state index contributed by atoms with van der Waals surface area (Å²) < 4.78 is 12.3. The number of hydrogen-bond acceptors (Lipinski definition) is 6. The van der Waals surface area contributed by atoms with E-state index in [0.717, 1.165) is 15.6 Å². The molecule has 0 radical (unpaired) electrons. The van der Waals surface area contributed by atoms with Crippen molar-refractivity contribution >= 4 is 39.7 Å². The lowest BCUT2D eigenvalue weighted by atomic mass is 10.2. The van der Waals surface area contributed by atoms with Crippen molar-refractivity contribution in [1.29, 1.82) is 0 Å². The summed E-state index contributed by atoms with van der Waals surface area (Å²) in [6.45, 7) is 0.913. The number of carbonyl (C=O) groups is 1. The van der Waals surface area contributed by atoms with Crippen molar-refractivity contribution in [3.05, 3.63) is 58.1 Å². The zero-order valence-electron chi connectivity index (χ0n) is 15.1. The number of nitrogens with one attached hydrogen (secondary N) is 3. The molecule has 148 valence electrons. The van der Waals surface area contributed by atoms with Crippen LogP contribution >= 0.6 is 27.5 Å². The van der Waals surface area contributed by atoms with E-state index in [4.69, 9.17) is 21.1 Å². The van der Waals surface area contributed by atoms with Gasteiger partial charge in [-0.1, -0.05) is 28.1 Å². The van der Waals surface area contributed by atoms with Gasteiger partial charge in [0.15, 0.2) is 11.5 Å². The van der Waals surface area contributed by atoms with E-state index in [1.54, 1.807) is 13.3 Å². The van der Waals surface area contributed by atoms with Gasteiger partial charge in [0, 0.05) is 11.0 Å². The predicted octanol–water partition coefficient (Wildman–Crippen LogP) is 2.57. The maximum atomic E-state index is 11.5. The van der Waals surface area contributed by atoms with Crippen LogP contribution in [0.2, 0.25) is 0 Å². The smallest absolute Gasteiger partial charge is 0.254 e. The van der Waals surface area contributed by atoms with Crippen LogP contribution in [-0.2, 0) is 11.4 Å². The van der Waals surface area contributed by atoms with E-state index in [0.29, 0.717) is 24.7 Å². The number of methoxy groups -OCH3 is 1. The van der Waals surface area contributed by atoms with Crippen molar-refractivity contribution in [2.24, 2.45) is 5.10 Å². The highest BCUT2D eigenvalue weighted by atomic mass is 79.9. The van der Waals surface area contributed by atoms with Gasteiger partial charge in [0.25, 0.3) is 5.91 Å². The van der Waals surface area contributed by atoms with Gasteiger partial charge in [-0.25, -0.2) is 5.43 Å². The number of nitrogens with zero attached hydrogens (tertiary/aromatic N) is 1. The average Bonchev–Trinajstić information content (AvgIpc) is 2.71. The Labute approximate surface area is 176 Å². The second-order valence-electron chi connectivity index (χ2n) is 6.09. The first-order valence-corrected chi connectivity index (χ1v) is 9.80. The quantitative estimate of drug-likeness (QED) is 0.331. The van der Waals surface area contributed by atoms with Gasteiger partial charge < -0.3 is 14.9 Å². The van der Waals surface area contributed by atoms with Gasteiger partial charge >= 0.3 is 0 Å². The molecule has 0 saturated carbocycles. The topological polar surface area (TPSA) is 84.0 Å². The van der Waals surface area contributed by atoms with Gasteiger partial charge in [-0.15, -0.1) is 11.6 Å². The van der Waals surface area contributed by atoms with Crippen molar-refractivity contribution in [3.8, 4) is 11.5 Å². The lowest BCUT2D eigenvalue weighted by Gasteiger charge is -2.26. The Kier molecular flexibility index (Phi) is 7.13. The Bertz CT molecular complexity index is 848. The number of benzene rings is 2. The van der Waals surface area contributed by atoms with Gasteiger partial charge in [0.1, 0.15) is 12.0 Å². The normalized spacial score (nSPS) is 19.3. The van der Waals surface area contributed by atoms with Gasteiger partial charge in [-0.3, -0.25) is 10.2 Å². The van der Waals surface area contributed by atoms with E-state index in [-0.39, 0.29) is 11.9 Å². The van der Waals surface area contributed by atoms with E-state index in [1.165, 1.54) is 0 Å². The molecule has 2 atom stereocenters. The van der Waals surface area contributed by atoms with Crippen LogP contribution in [0.4, 0.5) is 0 Å². The fourth-order valence-corrected chi connectivity index (χ4v) is 3.01. The Balaban J connectivity index is 1.60. The Morgan fingerprint density at radius 1 is 1.29 bits per heavy atom. The summed E-state index contributed by atoms with van der Waals surface area (Å²) >= 11 is 9.47. The molecule has 1 fully saturated rings. The molecule has 7 nitrogen and oxygen atoms in total. The van der Waals surface area contributed by atoms with E-state index in [9.17, 15) is 4.79 Å². The van der Waals surface area contributed by atoms with E-state index in [1.807, 2.05) is 42.5 Å². The molecule has 28 heavy (non-hydrogen) atoms. The largest absolute Gasteiger partial charge is 0.493 e. The number of rotatable bonds is 7. The lowest BCUT2D eigenvalue weighted by Crippen LogP contribution is -2.59. The number of hydrazine groups is 1. The van der Waals surface area contributed by atoms with Crippen molar-refractivity contribution in [2.75, 3.05) is 13.7 Å². The molecule has 1 amide bonds. The van der Waals surface area contributed by atoms with Gasteiger partial charge in [-0.2, -0.15) is 5.10 Å². The van der Waals surface area contributed by atoms with Gasteiger partial charge in [0.2, 0.25) is 0 Å². The maximum Gasteiger partial charge on any atom is 0.254 e. The Hall–Kier alpha value is -2.29. The number of amides is 1. The minimum atomic E-state index is -0.692. The third-order valence-electron chi connectivity index (χ3n) is 4.09. The van der Waals surface area contributed by atoms with Crippen LogP contribution in [0, 0.1) is 0 Å². The number of ether oxygens (including phenoxy) is 2. The molecule has 2 unspecified atom stereocenters. The van der Waals surface area contributed by atoms with Crippen molar-refractivity contribution < 1.29 is 14.3 Å². The highest BCUT2D eigenvalue weighted by Gasteiger charge is 2.29.